The third-order valence-electron chi connectivity index (χ3n) is 3.49. The minimum absolute atomic E-state index is 0.0966. The molecule has 0 bridgehead atoms. The predicted molar refractivity (Wildman–Crippen MR) is 76.9 cm³/mol. The van der Waals surface area contributed by atoms with Gasteiger partial charge in [0.15, 0.2) is 0 Å². The van der Waals surface area contributed by atoms with E-state index in [-0.39, 0.29) is 5.91 Å². The van der Waals surface area contributed by atoms with Crippen LogP contribution in [0.5, 0.6) is 0 Å². The standard InChI is InChI=1S/C14H19BrN2O/c1-10-5-6-13(15)12(8-10)14(18)17(2)11-4-3-7-16-9-11/h5-6,8,11,16H,3-4,7,9H2,1-2H3. The molecule has 18 heavy (non-hydrogen) atoms. The maximum atomic E-state index is 12.5. The summed E-state index contributed by atoms with van der Waals surface area (Å²) in [7, 11) is 1.90. The molecule has 1 aliphatic heterocycles. The van der Waals surface area contributed by atoms with Crippen LogP contribution in [-0.4, -0.2) is 37.0 Å². The number of halogens is 1. The van der Waals surface area contributed by atoms with Gasteiger partial charge in [0.25, 0.3) is 5.91 Å². The lowest BCUT2D eigenvalue weighted by molar-refractivity contribution is 0.0707. The monoisotopic (exact) mass is 310 g/mol. The minimum atomic E-state index is 0.0966. The van der Waals surface area contributed by atoms with Crippen LogP contribution in [-0.2, 0) is 0 Å². The molecular formula is C14H19BrN2O. The Morgan fingerprint density at radius 2 is 2.28 bits per heavy atom. The number of nitrogens with zero attached hydrogens (tertiary/aromatic N) is 1. The molecule has 1 amide bonds. The Balaban J connectivity index is 2.16. The molecule has 0 aromatic heterocycles. The number of carbonyl (C=O) groups is 1. The summed E-state index contributed by atoms with van der Waals surface area (Å²) in [5.41, 5.74) is 1.86. The molecule has 0 spiro atoms. The van der Waals surface area contributed by atoms with Crippen molar-refractivity contribution in [3.05, 3.63) is 33.8 Å². The second-order valence-electron chi connectivity index (χ2n) is 4.90. The zero-order chi connectivity index (χ0) is 13.1. The minimum Gasteiger partial charge on any atom is -0.337 e. The molecule has 0 radical (unpaired) electrons. The first-order valence-corrected chi connectivity index (χ1v) is 7.13. The number of hydrogen-bond donors (Lipinski definition) is 1. The van der Waals surface area contributed by atoms with E-state index in [1.54, 1.807) is 0 Å². The Morgan fingerprint density at radius 1 is 1.50 bits per heavy atom. The smallest absolute Gasteiger partial charge is 0.255 e. The van der Waals surface area contributed by atoms with Crippen LogP contribution < -0.4 is 5.32 Å². The molecule has 0 saturated carbocycles. The third kappa shape index (κ3) is 2.93. The average Bonchev–Trinajstić information content (AvgIpc) is 2.41. The van der Waals surface area contributed by atoms with Crippen LogP contribution in [0.4, 0.5) is 0 Å². The summed E-state index contributed by atoms with van der Waals surface area (Å²) in [4.78, 5) is 14.4. The van der Waals surface area contributed by atoms with Crippen LogP contribution in [0, 0.1) is 6.92 Å². The largest absolute Gasteiger partial charge is 0.337 e. The van der Waals surface area contributed by atoms with Gasteiger partial charge in [-0.15, -0.1) is 0 Å². The van der Waals surface area contributed by atoms with Crippen molar-refractivity contribution in [3.8, 4) is 0 Å². The topological polar surface area (TPSA) is 32.3 Å². The van der Waals surface area contributed by atoms with Gasteiger partial charge < -0.3 is 10.2 Å². The number of nitrogens with one attached hydrogen (secondary N) is 1. The third-order valence-corrected chi connectivity index (χ3v) is 4.18. The lowest BCUT2D eigenvalue weighted by Gasteiger charge is -2.32. The van der Waals surface area contributed by atoms with Gasteiger partial charge >= 0.3 is 0 Å². The normalized spacial score (nSPS) is 19.6. The van der Waals surface area contributed by atoms with Gasteiger partial charge in [-0.2, -0.15) is 0 Å². The molecule has 2 rings (SSSR count). The number of rotatable bonds is 2. The highest BCUT2D eigenvalue weighted by atomic mass is 79.9. The molecule has 1 heterocycles. The summed E-state index contributed by atoms with van der Waals surface area (Å²) in [5, 5.41) is 3.34. The molecule has 4 heteroatoms. The van der Waals surface area contributed by atoms with Gasteiger partial charge in [0.1, 0.15) is 0 Å². The summed E-state index contributed by atoms with van der Waals surface area (Å²) in [6, 6.07) is 6.19. The van der Waals surface area contributed by atoms with Gasteiger partial charge in [0, 0.05) is 24.1 Å². The second kappa shape index (κ2) is 5.85. The summed E-state index contributed by atoms with van der Waals surface area (Å²) < 4.78 is 0.869. The first-order chi connectivity index (χ1) is 8.59. The average molecular weight is 311 g/mol. The summed E-state index contributed by atoms with van der Waals surface area (Å²) >= 11 is 3.46. The van der Waals surface area contributed by atoms with Gasteiger partial charge in [-0.25, -0.2) is 0 Å². The molecule has 1 N–H and O–H groups in total. The fraction of sp³-hybridized carbons (Fsp3) is 0.500. The highest BCUT2D eigenvalue weighted by molar-refractivity contribution is 9.10. The molecular weight excluding hydrogens is 292 g/mol. The van der Waals surface area contributed by atoms with Crippen LogP contribution >= 0.6 is 15.9 Å². The summed E-state index contributed by atoms with van der Waals surface area (Å²) in [6.07, 6.45) is 2.22. The maximum Gasteiger partial charge on any atom is 0.255 e. The molecule has 1 unspecified atom stereocenters. The number of hydrogen-bond acceptors (Lipinski definition) is 2. The highest BCUT2D eigenvalue weighted by Crippen LogP contribution is 2.21. The van der Waals surface area contributed by atoms with Crippen molar-refractivity contribution in [1.29, 1.82) is 0 Å². The zero-order valence-electron chi connectivity index (χ0n) is 10.9. The van der Waals surface area contributed by atoms with Crippen molar-refractivity contribution in [3.63, 3.8) is 0 Å². The van der Waals surface area contributed by atoms with Crippen molar-refractivity contribution >= 4 is 21.8 Å². The number of piperidine rings is 1. The Kier molecular flexibility index (Phi) is 4.40. The lowest BCUT2D eigenvalue weighted by Crippen LogP contribution is -2.46. The fourth-order valence-corrected chi connectivity index (χ4v) is 2.74. The second-order valence-corrected chi connectivity index (χ2v) is 5.75. The van der Waals surface area contributed by atoms with Crippen molar-refractivity contribution in [1.82, 2.24) is 10.2 Å². The fourth-order valence-electron chi connectivity index (χ4n) is 2.32. The maximum absolute atomic E-state index is 12.5. The molecule has 1 fully saturated rings. The van der Waals surface area contributed by atoms with Gasteiger partial charge in [0.2, 0.25) is 0 Å². The molecule has 1 aromatic rings. The SMILES string of the molecule is Cc1ccc(Br)c(C(=O)N(C)C2CCCNC2)c1. The van der Waals surface area contributed by atoms with Crippen LogP contribution in [0.3, 0.4) is 0 Å². The molecule has 1 saturated heterocycles. The van der Waals surface area contributed by atoms with Crippen LogP contribution in [0.25, 0.3) is 0 Å². The Bertz CT molecular complexity index is 441. The Hall–Kier alpha value is -0.870. The van der Waals surface area contributed by atoms with E-state index < -0.39 is 0 Å². The van der Waals surface area contributed by atoms with E-state index in [2.05, 4.69) is 21.2 Å². The first kappa shape index (κ1) is 13.6. The summed E-state index contributed by atoms with van der Waals surface area (Å²) in [5.74, 6) is 0.0966. The van der Waals surface area contributed by atoms with Crippen LogP contribution in [0.2, 0.25) is 0 Å². The summed E-state index contributed by atoms with van der Waals surface area (Å²) in [6.45, 7) is 3.96. The molecule has 3 nitrogen and oxygen atoms in total. The van der Waals surface area contributed by atoms with Crippen molar-refractivity contribution in [2.45, 2.75) is 25.8 Å². The number of carbonyl (C=O) groups excluding carboxylic acids is 1. The zero-order valence-corrected chi connectivity index (χ0v) is 12.5. The molecule has 1 aromatic carbocycles. The van der Waals surface area contributed by atoms with Crippen molar-refractivity contribution < 1.29 is 4.79 Å². The van der Waals surface area contributed by atoms with E-state index in [1.807, 2.05) is 37.1 Å². The molecule has 98 valence electrons. The van der Waals surface area contributed by atoms with Gasteiger partial charge in [-0.05, 0) is 54.4 Å². The Labute approximate surface area is 117 Å². The number of amides is 1. The van der Waals surface area contributed by atoms with Gasteiger partial charge in [-0.3, -0.25) is 4.79 Å². The molecule has 1 aliphatic rings. The van der Waals surface area contributed by atoms with E-state index in [1.165, 1.54) is 0 Å². The van der Waals surface area contributed by atoms with E-state index in [0.717, 1.165) is 41.5 Å². The number of likely N-dealkylation sites (N-methyl/N-ethyl adjacent to an activating group) is 1. The van der Waals surface area contributed by atoms with E-state index in [4.69, 9.17) is 0 Å². The lowest BCUT2D eigenvalue weighted by atomic mass is 10.0. The van der Waals surface area contributed by atoms with Gasteiger partial charge in [0.05, 0.1) is 5.56 Å². The van der Waals surface area contributed by atoms with E-state index >= 15 is 0 Å². The number of aryl methyl sites for hydroxylation is 1. The quantitative estimate of drug-likeness (QED) is 0.910. The van der Waals surface area contributed by atoms with E-state index in [9.17, 15) is 4.79 Å². The van der Waals surface area contributed by atoms with Crippen molar-refractivity contribution in [2.75, 3.05) is 20.1 Å². The van der Waals surface area contributed by atoms with Crippen LogP contribution in [0.1, 0.15) is 28.8 Å². The predicted octanol–water partition coefficient (Wildman–Crippen LogP) is 2.58. The molecule has 0 aliphatic carbocycles. The first-order valence-electron chi connectivity index (χ1n) is 6.33. The van der Waals surface area contributed by atoms with E-state index in [0.29, 0.717) is 6.04 Å². The van der Waals surface area contributed by atoms with Crippen molar-refractivity contribution in [2.24, 2.45) is 0 Å². The highest BCUT2D eigenvalue weighted by Gasteiger charge is 2.23. The number of benzene rings is 1. The Morgan fingerprint density at radius 3 is 2.94 bits per heavy atom. The molecule has 1 atom stereocenters. The van der Waals surface area contributed by atoms with Gasteiger partial charge in [-0.1, -0.05) is 11.6 Å². The van der Waals surface area contributed by atoms with Crippen LogP contribution in [0.15, 0.2) is 22.7 Å².